The van der Waals surface area contributed by atoms with Crippen molar-refractivity contribution in [1.82, 2.24) is 14.0 Å². The summed E-state index contributed by atoms with van der Waals surface area (Å²) in [5.41, 5.74) is 0.294. The number of imidazole rings is 1. The van der Waals surface area contributed by atoms with E-state index in [0.29, 0.717) is 37.3 Å². The molecule has 13 heteroatoms. The smallest absolute Gasteiger partial charge is 0.328 e. The van der Waals surface area contributed by atoms with E-state index in [1.54, 1.807) is 7.05 Å². The Kier molecular flexibility index (Phi) is 6.15. The minimum absolute atomic E-state index is 0.0159. The van der Waals surface area contributed by atoms with Crippen molar-refractivity contribution in [1.29, 1.82) is 0 Å². The van der Waals surface area contributed by atoms with Gasteiger partial charge in [0, 0.05) is 39.3 Å². The van der Waals surface area contributed by atoms with Gasteiger partial charge in [-0.1, -0.05) is 6.07 Å². The van der Waals surface area contributed by atoms with Gasteiger partial charge in [-0.25, -0.2) is 13.2 Å². The van der Waals surface area contributed by atoms with E-state index in [2.05, 4.69) is 0 Å². The van der Waals surface area contributed by atoms with Crippen LogP contribution >= 0.6 is 0 Å². The number of non-ortho nitro benzene ring substituents is 1. The quantitative estimate of drug-likeness (QED) is 0.370. The lowest BCUT2D eigenvalue weighted by atomic mass is 10.3. The molecule has 0 unspecified atom stereocenters. The lowest BCUT2D eigenvalue weighted by Gasteiger charge is -2.30. The van der Waals surface area contributed by atoms with Crippen LogP contribution in [0.15, 0.2) is 52.2 Å². The molecule has 1 saturated heterocycles. The van der Waals surface area contributed by atoms with Crippen molar-refractivity contribution in [2.75, 3.05) is 37.2 Å². The fourth-order valence-electron chi connectivity index (χ4n) is 3.89. The van der Waals surface area contributed by atoms with Crippen LogP contribution in [-0.2, 0) is 33.7 Å². The number of aromatic nitrogens is 2. The summed E-state index contributed by atoms with van der Waals surface area (Å²) in [6, 6.07) is 9.33. The number of benzene rings is 2. The van der Waals surface area contributed by atoms with Crippen LogP contribution in [0, 0.1) is 10.1 Å². The van der Waals surface area contributed by atoms with Crippen LogP contribution in [0.2, 0.25) is 0 Å². The van der Waals surface area contributed by atoms with Crippen LogP contribution in [-0.4, -0.2) is 66.1 Å². The number of sulfonamides is 1. The average molecular weight is 490 g/mol. The fraction of sp³-hybridized carbons (Fsp3) is 0.333. The molecule has 0 atom stereocenters. The number of fused-ring (bicyclic) bond motifs is 1. The van der Waals surface area contributed by atoms with E-state index >= 15 is 0 Å². The Morgan fingerprint density at radius 2 is 1.76 bits per heavy atom. The molecule has 1 aliphatic heterocycles. The summed E-state index contributed by atoms with van der Waals surface area (Å²) < 4.78 is 36.3. The topological polar surface area (TPSA) is 137 Å². The summed E-state index contributed by atoms with van der Waals surface area (Å²) in [6.45, 7) is 0.775. The number of carbonyl (C=O) groups excluding carboxylic acids is 1. The number of carbonyl (C=O) groups is 1. The highest BCUT2D eigenvalue weighted by Crippen LogP contribution is 2.28. The zero-order valence-corrected chi connectivity index (χ0v) is 19.4. The molecule has 1 aromatic heterocycles. The first-order chi connectivity index (χ1) is 16.1. The van der Waals surface area contributed by atoms with Gasteiger partial charge in [0.15, 0.2) is 0 Å². The molecule has 3 aromatic rings. The highest BCUT2D eigenvalue weighted by molar-refractivity contribution is 7.92. The van der Waals surface area contributed by atoms with Gasteiger partial charge in [-0.15, -0.1) is 0 Å². The van der Waals surface area contributed by atoms with Gasteiger partial charge in [-0.05, 0) is 24.3 Å². The van der Waals surface area contributed by atoms with Gasteiger partial charge in [0.2, 0.25) is 5.91 Å². The summed E-state index contributed by atoms with van der Waals surface area (Å²) in [7, 11) is -1.23. The van der Waals surface area contributed by atoms with E-state index in [9.17, 15) is 28.1 Å². The molecule has 34 heavy (non-hydrogen) atoms. The normalized spacial score (nSPS) is 14.4. The number of aryl methyl sites for hydroxylation is 2. The molecule has 1 aliphatic rings. The zero-order chi connectivity index (χ0) is 24.6. The van der Waals surface area contributed by atoms with Gasteiger partial charge >= 0.3 is 5.69 Å². The monoisotopic (exact) mass is 489 g/mol. The van der Waals surface area contributed by atoms with Crippen LogP contribution in [0.3, 0.4) is 0 Å². The van der Waals surface area contributed by atoms with Gasteiger partial charge < -0.3 is 9.64 Å². The molecule has 2 aromatic carbocycles. The number of anilines is 1. The largest absolute Gasteiger partial charge is 0.378 e. The Hall–Kier alpha value is -3.71. The van der Waals surface area contributed by atoms with E-state index < -0.39 is 27.4 Å². The molecular weight excluding hydrogens is 466 g/mol. The number of ether oxygens (including phenoxy) is 1. The van der Waals surface area contributed by atoms with Crippen LogP contribution in [0.25, 0.3) is 11.0 Å². The molecule has 1 fully saturated rings. The maximum Gasteiger partial charge on any atom is 0.328 e. The van der Waals surface area contributed by atoms with Crippen molar-refractivity contribution in [3.63, 3.8) is 0 Å². The molecule has 0 spiro atoms. The van der Waals surface area contributed by atoms with Crippen molar-refractivity contribution in [2.24, 2.45) is 14.1 Å². The maximum absolute atomic E-state index is 13.7. The second-order valence-electron chi connectivity index (χ2n) is 7.83. The molecule has 4 rings (SSSR count). The summed E-state index contributed by atoms with van der Waals surface area (Å²) in [5, 5.41) is 11.3. The second-order valence-corrected chi connectivity index (χ2v) is 9.70. The zero-order valence-electron chi connectivity index (χ0n) is 18.6. The average Bonchev–Trinajstić information content (AvgIpc) is 3.06. The number of amides is 1. The van der Waals surface area contributed by atoms with Crippen LogP contribution in [0.1, 0.15) is 0 Å². The Bertz CT molecular complexity index is 1440. The van der Waals surface area contributed by atoms with Gasteiger partial charge in [0.1, 0.15) is 6.54 Å². The Labute approximate surface area is 194 Å². The number of rotatable bonds is 6. The van der Waals surface area contributed by atoms with Crippen molar-refractivity contribution in [3.8, 4) is 0 Å². The van der Waals surface area contributed by atoms with Gasteiger partial charge in [-0.3, -0.25) is 28.3 Å². The van der Waals surface area contributed by atoms with E-state index in [0.717, 1.165) is 10.4 Å². The number of nitro benzene ring substituents is 1. The van der Waals surface area contributed by atoms with Gasteiger partial charge in [0.25, 0.3) is 15.7 Å². The first kappa shape index (κ1) is 23.4. The van der Waals surface area contributed by atoms with Crippen LogP contribution in [0.4, 0.5) is 11.4 Å². The molecule has 12 nitrogen and oxygen atoms in total. The lowest BCUT2D eigenvalue weighted by Crippen LogP contribution is -2.47. The number of nitro groups is 1. The highest BCUT2D eigenvalue weighted by atomic mass is 32.2. The number of hydrogen-bond acceptors (Lipinski definition) is 7. The minimum atomic E-state index is -4.33. The number of nitrogens with zero attached hydrogens (tertiary/aromatic N) is 5. The Morgan fingerprint density at radius 1 is 1.09 bits per heavy atom. The van der Waals surface area contributed by atoms with E-state index in [1.807, 2.05) is 0 Å². The Morgan fingerprint density at radius 3 is 2.44 bits per heavy atom. The van der Waals surface area contributed by atoms with E-state index in [-0.39, 0.29) is 22.0 Å². The first-order valence-electron chi connectivity index (χ1n) is 10.4. The highest BCUT2D eigenvalue weighted by Gasteiger charge is 2.31. The summed E-state index contributed by atoms with van der Waals surface area (Å²) in [4.78, 5) is 37.2. The summed E-state index contributed by atoms with van der Waals surface area (Å²) in [6.07, 6.45) is 0. The van der Waals surface area contributed by atoms with Crippen molar-refractivity contribution < 1.29 is 22.9 Å². The summed E-state index contributed by atoms with van der Waals surface area (Å²) in [5.74, 6) is -0.452. The second kappa shape index (κ2) is 8.91. The molecule has 2 heterocycles. The van der Waals surface area contributed by atoms with E-state index in [1.165, 1.54) is 57.5 Å². The molecule has 180 valence electrons. The molecule has 0 bridgehead atoms. The minimum Gasteiger partial charge on any atom is -0.378 e. The van der Waals surface area contributed by atoms with Crippen molar-refractivity contribution in [2.45, 2.75) is 4.90 Å². The SMILES string of the molecule is Cn1c(=O)n(C)c2cc(S(=O)(=O)N(CC(=O)N3CCOCC3)c3cccc([N+](=O)[O-])c3)ccc21. The predicted molar refractivity (Wildman–Crippen MR) is 123 cm³/mol. The van der Waals surface area contributed by atoms with Gasteiger partial charge in [-0.2, -0.15) is 0 Å². The predicted octanol–water partition coefficient (Wildman–Crippen LogP) is 0.839. The first-order valence-corrected chi connectivity index (χ1v) is 11.8. The lowest BCUT2D eigenvalue weighted by molar-refractivity contribution is -0.384. The van der Waals surface area contributed by atoms with E-state index in [4.69, 9.17) is 4.74 Å². The van der Waals surface area contributed by atoms with Gasteiger partial charge in [0.05, 0.1) is 39.8 Å². The molecule has 0 aliphatic carbocycles. The number of morpholine rings is 1. The third kappa shape index (κ3) is 4.15. The summed E-state index contributed by atoms with van der Waals surface area (Å²) >= 11 is 0. The molecular formula is C21H23N5O7S. The molecule has 0 N–H and O–H groups in total. The Balaban J connectivity index is 1.81. The standard InChI is InChI=1S/C21H23N5O7S/c1-22-18-7-6-17(13-19(18)23(2)21(22)28)34(31,32)25(14-20(27)24-8-10-33-11-9-24)15-4-3-5-16(12-15)26(29)30/h3-7,12-13H,8-11,14H2,1-2H3. The molecule has 0 saturated carbocycles. The van der Waals surface area contributed by atoms with Crippen molar-refractivity contribution >= 4 is 38.3 Å². The molecule has 1 amide bonds. The van der Waals surface area contributed by atoms with Crippen LogP contribution < -0.4 is 9.99 Å². The maximum atomic E-state index is 13.7. The fourth-order valence-corrected chi connectivity index (χ4v) is 5.31. The van der Waals surface area contributed by atoms with Crippen molar-refractivity contribution in [3.05, 3.63) is 63.1 Å². The van der Waals surface area contributed by atoms with Crippen LogP contribution in [0.5, 0.6) is 0 Å². The third-order valence-electron chi connectivity index (χ3n) is 5.80. The third-order valence-corrected chi connectivity index (χ3v) is 7.57. The molecule has 0 radical (unpaired) electrons. The number of hydrogen-bond donors (Lipinski definition) is 0.